The molecule has 0 fully saturated rings. The smallest absolute Gasteiger partial charge is 0.152 e. The van der Waals surface area contributed by atoms with E-state index in [1.54, 1.807) is 12.1 Å². The van der Waals surface area contributed by atoms with Crippen molar-refractivity contribution in [2.75, 3.05) is 11.9 Å². The molecule has 0 aliphatic carbocycles. The van der Waals surface area contributed by atoms with E-state index in [-0.39, 0.29) is 5.82 Å². The lowest BCUT2D eigenvalue weighted by atomic mass is 10.1. The quantitative estimate of drug-likeness (QED) is 0.909. The summed E-state index contributed by atoms with van der Waals surface area (Å²) in [5.41, 5.74) is 3.44. The van der Waals surface area contributed by atoms with E-state index in [4.69, 9.17) is 0 Å². The Labute approximate surface area is 112 Å². The lowest BCUT2D eigenvalue weighted by Gasteiger charge is -2.12. The first-order valence-corrected chi connectivity index (χ1v) is 6.47. The van der Waals surface area contributed by atoms with Gasteiger partial charge in [-0.25, -0.2) is 14.4 Å². The van der Waals surface area contributed by atoms with Gasteiger partial charge in [0, 0.05) is 12.1 Å². The zero-order valence-electron chi connectivity index (χ0n) is 11.5. The molecule has 0 radical (unpaired) electrons. The van der Waals surface area contributed by atoms with Gasteiger partial charge in [-0.05, 0) is 44.5 Å². The molecule has 2 aromatic rings. The van der Waals surface area contributed by atoms with Crippen molar-refractivity contribution in [3.63, 3.8) is 0 Å². The van der Waals surface area contributed by atoms with Gasteiger partial charge in [-0.2, -0.15) is 0 Å². The first kappa shape index (κ1) is 13.5. The number of halogens is 1. The van der Waals surface area contributed by atoms with Crippen LogP contribution in [0, 0.1) is 19.7 Å². The van der Waals surface area contributed by atoms with Crippen molar-refractivity contribution in [2.45, 2.75) is 27.2 Å². The molecule has 0 unspecified atom stereocenters. The van der Waals surface area contributed by atoms with E-state index in [0.29, 0.717) is 0 Å². The Balaban J connectivity index is 2.47. The van der Waals surface area contributed by atoms with Gasteiger partial charge in [-0.15, -0.1) is 0 Å². The topological polar surface area (TPSA) is 37.8 Å². The van der Waals surface area contributed by atoms with E-state index < -0.39 is 0 Å². The summed E-state index contributed by atoms with van der Waals surface area (Å²) in [7, 11) is 0. The predicted molar refractivity (Wildman–Crippen MR) is 75.7 cm³/mol. The number of aryl methyl sites for hydroxylation is 2. The van der Waals surface area contributed by atoms with Crippen molar-refractivity contribution in [1.82, 2.24) is 9.97 Å². The van der Waals surface area contributed by atoms with E-state index in [1.165, 1.54) is 12.1 Å². The maximum Gasteiger partial charge on any atom is 0.152 e. The fourth-order valence-electron chi connectivity index (χ4n) is 1.78. The van der Waals surface area contributed by atoms with Crippen LogP contribution >= 0.6 is 0 Å². The SMILES string of the molecule is CCCNc1nc(C)c(C)nc1-c1ccc(F)cc1. The van der Waals surface area contributed by atoms with Crippen LogP contribution in [-0.2, 0) is 0 Å². The molecule has 0 spiro atoms. The van der Waals surface area contributed by atoms with E-state index in [1.807, 2.05) is 13.8 Å². The molecular formula is C15H18FN3. The van der Waals surface area contributed by atoms with Crippen LogP contribution in [0.1, 0.15) is 24.7 Å². The minimum absolute atomic E-state index is 0.247. The summed E-state index contributed by atoms with van der Waals surface area (Å²) < 4.78 is 13.0. The highest BCUT2D eigenvalue weighted by Crippen LogP contribution is 2.25. The molecule has 4 heteroatoms. The number of benzene rings is 1. The number of nitrogens with one attached hydrogen (secondary N) is 1. The first-order valence-electron chi connectivity index (χ1n) is 6.47. The van der Waals surface area contributed by atoms with Crippen molar-refractivity contribution in [3.8, 4) is 11.3 Å². The molecule has 0 amide bonds. The fraction of sp³-hybridized carbons (Fsp3) is 0.333. The average Bonchev–Trinajstić information content (AvgIpc) is 2.41. The van der Waals surface area contributed by atoms with Gasteiger partial charge in [-0.3, -0.25) is 0 Å². The fourth-order valence-corrected chi connectivity index (χ4v) is 1.78. The molecule has 19 heavy (non-hydrogen) atoms. The van der Waals surface area contributed by atoms with Gasteiger partial charge in [0.25, 0.3) is 0 Å². The van der Waals surface area contributed by atoms with E-state index >= 15 is 0 Å². The molecule has 0 saturated heterocycles. The second-order valence-corrected chi connectivity index (χ2v) is 4.53. The van der Waals surface area contributed by atoms with Crippen molar-refractivity contribution >= 4 is 5.82 Å². The third-order valence-corrected chi connectivity index (χ3v) is 2.97. The number of aromatic nitrogens is 2. The Morgan fingerprint density at radius 2 is 1.68 bits per heavy atom. The highest BCUT2D eigenvalue weighted by Gasteiger charge is 2.11. The normalized spacial score (nSPS) is 10.5. The summed E-state index contributed by atoms with van der Waals surface area (Å²) in [4.78, 5) is 9.12. The second-order valence-electron chi connectivity index (χ2n) is 4.53. The van der Waals surface area contributed by atoms with Gasteiger partial charge in [0.05, 0.1) is 11.4 Å². The molecule has 1 heterocycles. The number of hydrogen-bond acceptors (Lipinski definition) is 3. The van der Waals surface area contributed by atoms with Crippen molar-refractivity contribution < 1.29 is 4.39 Å². The van der Waals surface area contributed by atoms with Crippen LogP contribution in [0.25, 0.3) is 11.3 Å². The molecule has 1 aromatic heterocycles. The number of nitrogens with zero attached hydrogens (tertiary/aromatic N) is 2. The average molecular weight is 259 g/mol. The second kappa shape index (κ2) is 5.78. The van der Waals surface area contributed by atoms with Crippen LogP contribution < -0.4 is 5.32 Å². The Morgan fingerprint density at radius 1 is 1.05 bits per heavy atom. The Hall–Kier alpha value is -1.97. The Kier molecular flexibility index (Phi) is 4.10. The molecule has 0 saturated carbocycles. The maximum atomic E-state index is 13.0. The van der Waals surface area contributed by atoms with Gasteiger partial charge in [0.15, 0.2) is 5.82 Å². The van der Waals surface area contributed by atoms with Gasteiger partial charge in [0.1, 0.15) is 11.5 Å². The van der Waals surface area contributed by atoms with E-state index in [2.05, 4.69) is 22.2 Å². The largest absolute Gasteiger partial charge is 0.368 e. The first-order chi connectivity index (χ1) is 9.11. The highest BCUT2D eigenvalue weighted by atomic mass is 19.1. The number of anilines is 1. The number of rotatable bonds is 4. The van der Waals surface area contributed by atoms with Gasteiger partial charge < -0.3 is 5.32 Å². The summed E-state index contributed by atoms with van der Waals surface area (Å²) in [6, 6.07) is 6.34. The van der Waals surface area contributed by atoms with Crippen LogP contribution in [0.2, 0.25) is 0 Å². The zero-order chi connectivity index (χ0) is 13.8. The lowest BCUT2D eigenvalue weighted by molar-refractivity contribution is 0.628. The monoisotopic (exact) mass is 259 g/mol. The minimum Gasteiger partial charge on any atom is -0.368 e. The molecule has 0 bridgehead atoms. The summed E-state index contributed by atoms with van der Waals surface area (Å²) in [5, 5.41) is 3.28. The Bertz CT molecular complexity index is 564. The van der Waals surface area contributed by atoms with Gasteiger partial charge >= 0.3 is 0 Å². The minimum atomic E-state index is -0.247. The van der Waals surface area contributed by atoms with E-state index in [9.17, 15) is 4.39 Å². The molecule has 0 atom stereocenters. The maximum absolute atomic E-state index is 13.0. The lowest BCUT2D eigenvalue weighted by Crippen LogP contribution is -2.07. The summed E-state index contributed by atoms with van der Waals surface area (Å²) in [6.07, 6.45) is 1.01. The molecule has 1 aromatic carbocycles. The van der Waals surface area contributed by atoms with Crippen LogP contribution in [0.15, 0.2) is 24.3 Å². The zero-order valence-corrected chi connectivity index (χ0v) is 11.5. The highest BCUT2D eigenvalue weighted by molar-refractivity contribution is 5.71. The van der Waals surface area contributed by atoms with Crippen molar-refractivity contribution in [1.29, 1.82) is 0 Å². The van der Waals surface area contributed by atoms with Crippen LogP contribution in [0.3, 0.4) is 0 Å². The number of hydrogen-bond donors (Lipinski definition) is 1. The van der Waals surface area contributed by atoms with Crippen LogP contribution in [-0.4, -0.2) is 16.5 Å². The Morgan fingerprint density at radius 3 is 2.32 bits per heavy atom. The predicted octanol–water partition coefficient (Wildman–Crippen LogP) is 3.72. The molecule has 1 N–H and O–H groups in total. The summed E-state index contributed by atoms with van der Waals surface area (Å²) in [5.74, 6) is 0.514. The molecule has 3 nitrogen and oxygen atoms in total. The summed E-state index contributed by atoms with van der Waals surface area (Å²) >= 11 is 0. The molecule has 100 valence electrons. The van der Waals surface area contributed by atoms with Gasteiger partial charge in [-0.1, -0.05) is 6.92 Å². The van der Waals surface area contributed by atoms with Crippen LogP contribution in [0.4, 0.5) is 10.2 Å². The van der Waals surface area contributed by atoms with Crippen LogP contribution in [0.5, 0.6) is 0 Å². The standard InChI is InChI=1S/C15H18FN3/c1-4-9-17-15-14(18-10(2)11(3)19-15)12-5-7-13(16)8-6-12/h5-8H,4,9H2,1-3H3,(H,17,19). The third-order valence-electron chi connectivity index (χ3n) is 2.97. The molecule has 0 aliphatic rings. The van der Waals surface area contributed by atoms with Crippen molar-refractivity contribution in [2.24, 2.45) is 0 Å². The molecule has 0 aliphatic heterocycles. The molecular weight excluding hydrogens is 241 g/mol. The molecule has 2 rings (SSSR count). The van der Waals surface area contributed by atoms with Gasteiger partial charge in [0.2, 0.25) is 0 Å². The van der Waals surface area contributed by atoms with Crippen molar-refractivity contribution in [3.05, 3.63) is 41.5 Å². The van der Waals surface area contributed by atoms with E-state index in [0.717, 1.165) is 41.4 Å². The third kappa shape index (κ3) is 3.08. The summed E-state index contributed by atoms with van der Waals surface area (Å²) in [6.45, 7) is 6.80.